The lowest BCUT2D eigenvalue weighted by atomic mass is 10.2. The van der Waals surface area contributed by atoms with E-state index in [0.717, 1.165) is 11.1 Å². The zero-order valence-electron chi connectivity index (χ0n) is 15.2. The Morgan fingerprint density at radius 2 is 1.69 bits per heavy atom. The number of nitrogens with zero attached hydrogens (tertiary/aromatic N) is 1. The van der Waals surface area contributed by atoms with Crippen molar-refractivity contribution in [2.75, 3.05) is 7.05 Å². The summed E-state index contributed by atoms with van der Waals surface area (Å²) in [6.07, 6.45) is 3.22. The number of carbonyl (C=O) groups is 1. The van der Waals surface area contributed by atoms with E-state index in [-0.39, 0.29) is 16.8 Å². The molecule has 0 bridgehead atoms. The Hall–Kier alpha value is -2.44. The fraction of sp³-hybridized carbons (Fsp3) is 0.250. The quantitative estimate of drug-likeness (QED) is 0.760. The number of benzene rings is 2. The first-order valence-electron chi connectivity index (χ1n) is 8.38. The van der Waals surface area contributed by atoms with Crippen LogP contribution in [0.2, 0.25) is 0 Å². The van der Waals surface area contributed by atoms with Gasteiger partial charge < -0.3 is 5.32 Å². The van der Waals surface area contributed by atoms with E-state index >= 15 is 0 Å². The van der Waals surface area contributed by atoms with Gasteiger partial charge in [-0.1, -0.05) is 42.5 Å². The number of hydrogen-bond donors (Lipinski definition) is 1. The van der Waals surface area contributed by atoms with Crippen LogP contribution in [0.5, 0.6) is 0 Å². The van der Waals surface area contributed by atoms with Crippen LogP contribution in [-0.4, -0.2) is 31.7 Å². The van der Waals surface area contributed by atoms with E-state index in [1.54, 1.807) is 37.4 Å². The first-order valence-corrected chi connectivity index (χ1v) is 9.82. The van der Waals surface area contributed by atoms with Crippen molar-refractivity contribution in [2.45, 2.75) is 31.3 Å². The second-order valence-corrected chi connectivity index (χ2v) is 8.22. The maximum atomic E-state index is 12.4. The number of amides is 1. The maximum Gasteiger partial charge on any atom is 0.244 e. The van der Waals surface area contributed by atoms with Crippen LogP contribution in [0.4, 0.5) is 0 Å². The molecule has 0 spiro atoms. The molecule has 0 heterocycles. The standard InChI is InChI=1S/C20H24N2O3S/c1-16(2)22(3)26(24,25)19-12-9-18(10-13-19)15-21-20(23)14-11-17-7-5-4-6-8-17/h4-14,16H,15H2,1-3H3,(H,21,23)/b14-11+. The number of hydrogen-bond acceptors (Lipinski definition) is 3. The molecule has 26 heavy (non-hydrogen) atoms. The molecule has 2 rings (SSSR count). The van der Waals surface area contributed by atoms with E-state index in [0.29, 0.717) is 6.54 Å². The van der Waals surface area contributed by atoms with Gasteiger partial charge in [-0.15, -0.1) is 0 Å². The molecular formula is C20H24N2O3S. The van der Waals surface area contributed by atoms with E-state index in [1.807, 2.05) is 44.2 Å². The molecule has 0 atom stereocenters. The predicted octanol–water partition coefficient (Wildman–Crippen LogP) is 3.05. The van der Waals surface area contributed by atoms with Crippen molar-refractivity contribution in [2.24, 2.45) is 0 Å². The number of rotatable bonds is 7. The molecular weight excluding hydrogens is 348 g/mol. The van der Waals surface area contributed by atoms with Gasteiger partial charge in [0.25, 0.3) is 0 Å². The molecule has 0 aromatic heterocycles. The molecule has 0 aliphatic carbocycles. The minimum Gasteiger partial charge on any atom is -0.348 e. The van der Waals surface area contributed by atoms with Gasteiger partial charge >= 0.3 is 0 Å². The fourth-order valence-corrected chi connectivity index (χ4v) is 3.57. The Balaban J connectivity index is 1.95. The van der Waals surface area contributed by atoms with Crippen LogP contribution in [0.15, 0.2) is 65.6 Å². The van der Waals surface area contributed by atoms with Gasteiger partial charge in [0.2, 0.25) is 15.9 Å². The summed E-state index contributed by atoms with van der Waals surface area (Å²) in [6, 6.07) is 16.0. The van der Waals surface area contributed by atoms with Crippen molar-refractivity contribution in [3.05, 3.63) is 71.8 Å². The normalized spacial score (nSPS) is 12.0. The zero-order valence-corrected chi connectivity index (χ0v) is 16.0. The highest BCUT2D eigenvalue weighted by molar-refractivity contribution is 7.89. The lowest BCUT2D eigenvalue weighted by Crippen LogP contribution is -2.33. The van der Waals surface area contributed by atoms with Crippen LogP contribution in [-0.2, 0) is 21.4 Å². The van der Waals surface area contributed by atoms with E-state index in [4.69, 9.17) is 0 Å². The molecule has 138 valence electrons. The predicted molar refractivity (Wildman–Crippen MR) is 104 cm³/mol. The summed E-state index contributed by atoms with van der Waals surface area (Å²) >= 11 is 0. The monoisotopic (exact) mass is 372 g/mol. The maximum absolute atomic E-state index is 12.4. The first-order chi connectivity index (χ1) is 12.3. The summed E-state index contributed by atoms with van der Waals surface area (Å²) in [5.41, 5.74) is 1.78. The molecule has 2 aromatic rings. The molecule has 1 amide bonds. The number of sulfonamides is 1. The summed E-state index contributed by atoms with van der Waals surface area (Å²) in [5.74, 6) is -0.204. The SMILES string of the molecule is CC(C)N(C)S(=O)(=O)c1ccc(CNC(=O)/C=C/c2ccccc2)cc1. The molecule has 6 heteroatoms. The molecule has 0 aliphatic heterocycles. The average Bonchev–Trinajstić information content (AvgIpc) is 2.65. The van der Waals surface area contributed by atoms with Gasteiger partial charge in [0.15, 0.2) is 0 Å². The lowest BCUT2D eigenvalue weighted by molar-refractivity contribution is -0.116. The molecule has 0 saturated heterocycles. The van der Waals surface area contributed by atoms with Gasteiger partial charge in [0.1, 0.15) is 0 Å². The van der Waals surface area contributed by atoms with Crippen LogP contribution in [0, 0.1) is 0 Å². The Kier molecular flexibility index (Phi) is 6.71. The topological polar surface area (TPSA) is 66.5 Å². The van der Waals surface area contributed by atoms with E-state index in [9.17, 15) is 13.2 Å². The van der Waals surface area contributed by atoms with Gasteiger partial charge in [-0.05, 0) is 43.2 Å². The first kappa shape index (κ1) is 19.9. The largest absolute Gasteiger partial charge is 0.348 e. The molecule has 1 N–H and O–H groups in total. The minimum absolute atomic E-state index is 0.115. The Labute approximate surface area is 155 Å². The lowest BCUT2D eigenvalue weighted by Gasteiger charge is -2.21. The van der Waals surface area contributed by atoms with Crippen LogP contribution in [0.25, 0.3) is 6.08 Å². The molecule has 5 nitrogen and oxygen atoms in total. The summed E-state index contributed by atoms with van der Waals surface area (Å²) in [4.78, 5) is 12.1. The minimum atomic E-state index is -3.49. The third-order valence-electron chi connectivity index (χ3n) is 4.02. The van der Waals surface area contributed by atoms with Crippen molar-refractivity contribution in [1.29, 1.82) is 0 Å². The van der Waals surface area contributed by atoms with Crippen molar-refractivity contribution in [1.82, 2.24) is 9.62 Å². The van der Waals surface area contributed by atoms with Crippen molar-refractivity contribution in [3.63, 3.8) is 0 Å². The van der Waals surface area contributed by atoms with Gasteiger partial charge in [-0.25, -0.2) is 8.42 Å². The second-order valence-electron chi connectivity index (χ2n) is 6.22. The highest BCUT2D eigenvalue weighted by atomic mass is 32.2. The van der Waals surface area contributed by atoms with Crippen molar-refractivity contribution < 1.29 is 13.2 Å². The Bertz CT molecular complexity index is 858. The molecule has 0 aliphatic rings. The summed E-state index contributed by atoms with van der Waals surface area (Å²) in [7, 11) is -1.93. The molecule has 0 fully saturated rings. The zero-order chi connectivity index (χ0) is 19.2. The van der Waals surface area contributed by atoms with Gasteiger partial charge in [-0.2, -0.15) is 4.31 Å². The second kappa shape index (κ2) is 8.78. The summed E-state index contributed by atoms with van der Waals surface area (Å²) in [5, 5.41) is 2.78. The van der Waals surface area contributed by atoms with Crippen molar-refractivity contribution in [3.8, 4) is 0 Å². The van der Waals surface area contributed by atoms with Crippen LogP contribution in [0.3, 0.4) is 0 Å². The number of carbonyl (C=O) groups excluding carboxylic acids is 1. The third kappa shape index (κ3) is 5.28. The molecule has 2 aromatic carbocycles. The van der Waals surface area contributed by atoms with Gasteiger partial charge in [-0.3, -0.25) is 4.79 Å². The number of nitrogens with one attached hydrogen (secondary N) is 1. The van der Waals surface area contributed by atoms with E-state index in [2.05, 4.69) is 5.32 Å². The molecule has 0 radical (unpaired) electrons. The van der Waals surface area contributed by atoms with Crippen molar-refractivity contribution >= 4 is 22.0 Å². The smallest absolute Gasteiger partial charge is 0.244 e. The third-order valence-corrected chi connectivity index (χ3v) is 6.07. The van der Waals surface area contributed by atoms with Crippen LogP contribution >= 0.6 is 0 Å². The van der Waals surface area contributed by atoms with Crippen LogP contribution < -0.4 is 5.32 Å². The van der Waals surface area contributed by atoms with Crippen LogP contribution in [0.1, 0.15) is 25.0 Å². The Morgan fingerprint density at radius 1 is 1.08 bits per heavy atom. The Morgan fingerprint density at radius 3 is 2.27 bits per heavy atom. The molecule has 0 saturated carbocycles. The highest BCUT2D eigenvalue weighted by Crippen LogP contribution is 2.17. The fourth-order valence-electron chi connectivity index (χ4n) is 2.21. The van der Waals surface area contributed by atoms with E-state index < -0.39 is 10.0 Å². The highest BCUT2D eigenvalue weighted by Gasteiger charge is 2.22. The van der Waals surface area contributed by atoms with Gasteiger partial charge in [0.05, 0.1) is 4.90 Å². The summed E-state index contributed by atoms with van der Waals surface area (Å²) < 4.78 is 26.2. The molecule has 0 unspecified atom stereocenters. The van der Waals surface area contributed by atoms with Gasteiger partial charge in [0, 0.05) is 25.7 Å². The summed E-state index contributed by atoms with van der Waals surface area (Å²) in [6.45, 7) is 3.98. The average molecular weight is 372 g/mol. The van der Waals surface area contributed by atoms with E-state index in [1.165, 1.54) is 10.4 Å².